The first-order chi connectivity index (χ1) is 9.24. The van der Waals surface area contributed by atoms with Crippen molar-refractivity contribution in [3.05, 3.63) is 54.4 Å². The first-order valence-electron chi connectivity index (χ1n) is 5.84. The number of hydrogen-bond acceptors (Lipinski definition) is 4. The van der Waals surface area contributed by atoms with Gasteiger partial charge in [-0.2, -0.15) is 0 Å². The van der Waals surface area contributed by atoms with E-state index in [2.05, 4.69) is 20.3 Å². The molecule has 0 atom stereocenters. The van der Waals surface area contributed by atoms with Gasteiger partial charge >= 0.3 is 0 Å². The second-order valence-corrected chi connectivity index (χ2v) is 4.12. The van der Waals surface area contributed by atoms with Gasteiger partial charge in [0.15, 0.2) is 0 Å². The van der Waals surface area contributed by atoms with Gasteiger partial charge in [-0.3, -0.25) is 4.98 Å². The second kappa shape index (κ2) is 4.61. The van der Waals surface area contributed by atoms with Crippen LogP contribution in [0.1, 0.15) is 5.82 Å². The molecule has 0 spiro atoms. The predicted octanol–water partition coefficient (Wildman–Crippen LogP) is 3.22. The minimum atomic E-state index is -0.319. The number of anilines is 2. The average Bonchev–Trinajstić information content (AvgIpc) is 2.41. The predicted molar refractivity (Wildman–Crippen MR) is 71.8 cm³/mol. The molecule has 0 radical (unpaired) electrons. The second-order valence-electron chi connectivity index (χ2n) is 4.12. The summed E-state index contributed by atoms with van der Waals surface area (Å²) < 4.78 is 13.7. The fourth-order valence-corrected chi connectivity index (χ4v) is 1.88. The Bertz CT molecular complexity index is 742. The summed E-state index contributed by atoms with van der Waals surface area (Å²) in [5, 5.41) is 3.81. The van der Waals surface area contributed by atoms with E-state index >= 15 is 0 Å². The number of nitrogens with zero attached hydrogens (tertiary/aromatic N) is 3. The maximum atomic E-state index is 13.7. The van der Waals surface area contributed by atoms with Crippen molar-refractivity contribution in [1.29, 1.82) is 0 Å². The molecule has 3 aromatic rings. The Labute approximate surface area is 109 Å². The molecule has 3 rings (SSSR count). The molecule has 0 aliphatic heterocycles. The van der Waals surface area contributed by atoms with Gasteiger partial charge in [-0.25, -0.2) is 14.4 Å². The minimum absolute atomic E-state index is 0.319. The van der Waals surface area contributed by atoms with Crippen LogP contribution in [0.25, 0.3) is 10.9 Å². The van der Waals surface area contributed by atoms with Crippen LogP contribution in [0.5, 0.6) is 0 Å². The van der Waals surface area contributed by atoms with Crippen molar-refractivity contribution in [3.8, 4) is 0 Å². The molecule has 0 saturated carbocycles. The highest BCUT2D eigenvalue weighted by atomic mass is 19.1. The zero-order chi connectivity index (χ0) is 13.2. The van der Waals surface area contributed by atoms with Crippen molar-refractivity contribution in [1.82, 2.24) is 15.0 Å². The van der Waals surface area contributed by atoms with Gasteiger partial charge in [-0.1, -0.05) is 12.1 Å². The van der Waals surface area contributed by atoms with Gasteiger partial charge in [0, 0.05) is 11.6 Å². The van der Waals surface area contributed by atoms with Crippen LogP contribution in [0, 0.1) is 12.7 Å². The van der Waals surface area contributed by atoms with E-state index in [1.54, 1.807) is 43.6 Å². The SMILES string of the molecule is Cc1nc(Nc2ccccc2F)c2ccncc2n1. The number of rotatable bonds is 2. The third-order valence-electron chi connectivity index (χ3n) is 2.74. The lowest BCUT2D eigenvalue weighted by atomic mass is 10.2. The molecule has 0 aliphatic carbocycles. The van der Waals surface area contributed by atoms with Crippen molar-refractivity contribution in [2.45, 2.75) is 6.92 Å². The number of aromatic nitrogens is 3. The highest BCUT2D eigenvalue weighted by molar-refractivity contribution is 5.90. The topological polar surface area (TPSA) is 50.7 Å². The van der Waals surface area contributed by atoms with Crippen molar-refractivity contribution in [2.24, 2.45) is 0 Å². The molecule has 0 unspecified atom stereocenters. The minimum Gasteiger partial charge on any atom is -0.337 e. The van der Waals surface area contributed by atoms with E-state index in [0.717, 1.165) is 10.9 Å². The molecule has 0 fully saturated rings. The van der Waals surface area contributed by atoms with Crippen molar-refractivity contribution < 1.29 is 4.39 Å². The quantitative estimate of drug-likeness (QED) is 0.762. The number of para-hydroxylation sites is 1. The normalized spacial score (nSPS) is 10.6. The highest BCUT2D eigenvalue weighted by Gasteiger charge is 2.08. The fourth-order valence-electron chi connectivity index (χ4n) is 1.88. The third kappa shape index (κ3) is 2.22. The lowest BCUT2D eigenvalue weighted by Gasteiger charge is -2.09. The van der Waals surface area contributed by atoms with E-state index in [1.807, 2.05) is 0 Å². The van der Waals surface area contributed by atoms with Crippen LogP contribution in [-0.2, 0) is 0 Å². The number of pyridine rings is 1. The van der Waals surface area contributed by atoms with E-state index in [4.69, 9.17) is 0 Å². The standard InChI is InChI=1S/C14H11FN4/c1-9-17-13-8-16-7-6-10(13)14(18-9)19-12-5-3-2-4-11(12)15/h2-8H,1H3,(H,17,18,19). The van der Waals surface area contributed by atoms with Crippen LogP contribution in [0.4, 0.5) is 15.9 Å². The van der Waals surface area contributed by atoms with Gasteiger partial charge in [0.25, 0.3) is 0 Å². The number of halogens is 1. The molecule has 5 heteroatoms. The summed E-state index contributed by atoms with van der Waals surface area (Å²) in [5.74, 6) is 0.871. The monoisotopic (exact) mass is 254 g/mol. The molecule has 0 aliphatic rings. The summed E-state index contributed by atoms with van der Waals surface area (Å²) in [5.41, 5.74) is 1.12. The summed E-state index contributed by atoms with van der Waals surface area (Å²) in [4.78, 5) is 12.6. The van der Waals surface area contributed by atoms with Gasteiger partial charge in [-0.15, -0.1) is 0 Å². The van der Waals surface area contributed by atoms with Crippen molar-refractivity contribution >= 4 is 22.4 Å². The van der Waals surface area contributed by atoms with Crippen LogP contribution in [0.2, 0.25) is 0 Å². The number of nitrogens with one attached hydrogen (secondary N) is 1. The Balaban J connectivity index is 2.13. The van der Waals surface area contributed by atoms with E-state index in [-0.39, 0.29) is 5.82 Å². The molecule has 1 N–H and O–H groups in total. The Morgan fingerprint density at radius 2 is 1.95 bits per heavy atom. The molecule has 0 saturated heterocycles. The van der Waals surface area contributed by atoms with Crippen LogP contribution < -0.4 is 5.32 Å². The summed E-state index contributed by atoms with van der Waals surface area (Å²) in [6.07, 6.45) is 3.32. The Hall–Kier alpha value is -2.56. The Morgan fingerprint density at radius 3 is 2.79 bits per heavy atom. The molecular formula is C14H11FN4. The molecule has 4 nitrogen and oxygen atoms in total. The van der Waals surface area contributed by atoms with E-state index in [9.17, 15) is 4.39 Å². The van der Waals surface area contributed by atoms with Gasteiger partial charge in [-0.05, 0) is 25.1 Å². The Kier molecular flexibility index (Phi) is 2.79. The zero-order valence-electron chi connectivity index (χ0n) is 10.3. The van der Waals surface area contributed by atoms with Crippen LogP contribution in [0.15, 0.2) is 42.7 Å². The highest BCUT2D eigenvalue weighted by Crippen LogP contribution is 2.24. The van der Waals surface area contributed by atoms with E-state index in [0.29, 0.717) is 17.3 Å². The van der Waals surface area contributed by atoms with Gasteiger partial charge < -0.3 is 5.32 Å². The van der Waals surface area contributed by atoms with Crippen LogP contribution in [-0.4, -0.2) is 15.0 Å². The summed E-state index contributed by atoms with van der Waals surface area (Å²) in [7, 11) is 0. The van der Waals surface area contributed by atoms with E-state index in [1.165, 1.54) is 6.07 Å². The van der Waals surface area contributed by atoms with Gasteiger partial charge in [0.05, 0.1) is 17.4 Å². The molecule has 0 amide bonds. The third-order valence-corrected chi connectivity index (χ3v) is 2.74. The number of hydrogen-bond donors (Lipinski definition) is 1. The smallest absolute Gasteiger partial charge is 0.146 e. The Morgan fingerprint density at radius 1 is 1.11 bits per heavy atom. The molecule has 19 heavy (non-hydrogen) atoms. The first-order valence-corrected chi connectivity index (χ1v) is 5.84. The molecule has 0 bridgehead atoms. The lowest BCUT2D eigenvalue weighted by Crippen LogP contribution is -2.00. The molecule has 2 heterocycles. The largest absolute Gasteiger partial charge is 0.337 e. The molecule has 2 aromatic heterocycles. The van der Waals surface area contributed by atoms with Gasteiger partial charge in [0.1, 0.15) is 17.5 Å². The van der Waals surface area contributed by atoms with Crippen molar-refractivity contribution in [3.63, 3.8) is 0 Å². The number of fused-ring (bicyclic) bond motifs is 1. The zero-order valence-corrected chi connectivity index (χ0v) is 10.3. The van der Waals surface area contributed by atoms with Crippen LogP contribution >= 0.6 is 0 Å². The van der Waals surface area contributed by atoms with Gasteiger partial charge in [0.2, 0.25) is 0 Å². The van der Waals surface area contributed by atoms with Crippen molar-refractivity contribution in [2.75, 3.05) is 5.32 Å². The number of benzene rings is 1. The fraction of sp³-hybridized carbons (Fsp3) is 0.0714. The number of aryl methyl sites for hydroxylation is 1. The molecule has 1 aromatic carbocycles. The molecule has 94 valence electrons. The average molecular weight is 254 g/mol. The maximum Gasteiger partial charge on any atom is 0.146 e. The maximum absolute atomic E-state index is 13.7. The molecular weight excluding hydrogens is 243 g/mol. The summed E-state index contributed by atoms with van der Waals surface area (Å²) >= 11 is 0. The lowest BCUT2D eigenvalue weighted by molar-refractivity contribution is 0.632. The summed E-state index contributed by atoms with van der Waals surface area (Å²) in [6.45, 7) is 1.79. The summed E-state index contributed by atoms with van der Waals surface area (Å²) in [6, 6.07) is 8.29. The first kappa shape index (κ1) is 11.5. The van der Waals surface area contributed by atoms with Crippen LogP contribution in [0.3, 0.4) is 0 Å². The van der Waals surface area contributed by atoms with E-state index < -0.39 is 0 Å².